The van der Waals surface area contributed by atoms with Crippen LogP contribution in [0.15, 0.2) is 61.2 Å². The zero-order valence-corrected chi connectivity index (χ0v) is 14.1. The van der Waals surface area contributed by atoms with Crippen LogP contribution in [0.25, 0.3) is 0 Å². The van der Waals surface area contributed by atoms with Gasteiger partial charge in [0.1, 0.15) is 29.9 Å². The van der Waals surface area contributed by atoms with Crippen LogP contribution in [0.4, 0.5) is 8.78 Å². The Hall–Kier alpha value is -3.04. The molecule has 2 aromatic carbocycles. The Morgan fingerprint density at radius 1 is 1.19 bits per heavy atom. The van der Waals surface area contributed by atoms with Crippen molar-refractivity contribution < 1.29 is 13.9 Å². The molecule has 2 atom stereocenters. The van der Waals surface area contributed by atoms with Crippen LogP contribution in [0.1, 0.15) is 18.1 Å². The minimum absolute atomic E-state index is 0.0377. The van der Waals surface area contributed by atoms with Crippen molar-refractivity contribution in [3.8, 4) is 11.8 Å². The molecule has 0 amide bonds. The molecule has 0 aliphatic carbocycles. The summed E-state index contributed by atoms with van der Waals surface area (Å²) in [4.78, 5) is 3.84. The van der Waals surface area contributed by atoms with Gasteiger partial charge in [-0.25, -0.2) is 18.4 Å². The highest BCUT2D eigenvalue weighted by Crippen LogP contribution is 2.33. The van der Waals surface area contributed by atoms with Gasteiger partial charge in [-0.15, -0.1) is 0 Å². The van der Waals surface area contributed by atoms with E-state index in [1.54, 1.807) is 6.92 Å². The standard InChI is InChI=1S/C20H17F2N3O/c1-15(7-8-16-5-3-2-4-6-16)20(26,12-25-14-23-13-24-25)18-10-9-17(21)11-19(18)22/h2-6,9-11,13-15,26H,12H2,1H3/t15-,20+/m0/s1. The fraction of sp³-hybridized carbons (Fsp3) is 0.200. The Balaban J connectivity index is 2.01. The fourth-order valence-electron chi connectivity index (χ4n) is 2.69. The van der Waals surface area contributed by atoms with Crippen molar-refractivity contribution in [3.05, 3.63) is 83.9 Å². The van der Waals surface area contributed by atoms with Gasteiger partial charge >= 0.3 is 0 Å². The van der Waals surface area contributed by atoms with Gasteiger partial charge in [0.25, 0.3) is 0 Å². The molecule has 1 N–H and O–H groups in total. The summed E-state index contributed by atoms with van der Waals surface area (Å²) in [6.45, 7) is 1.62. The van der Waals surface area contributed by atoms with Crippen molar-refractivity contribution >= 4 is 0 Å². The largest absolute Gasteiger partial charge is 0.382 e. The summed E-state index contributed by atoms with van der Waals surface area (Å²) >= 11 is 0. The number of hydrogen-bond acceptors (Lipinski definition) is 3. The Morgan fingerprint density at radius 3 is 2.62 bits per heavy atom. The summed E-state index contributed by atoms with van der Waals surface area (Å²) in [6.07, 6.45) is 2.74. The van der Waals surface area contributed by atoms with E-state index in [-0.39, 0.29) is 12.1 Å². The minimum atomic E-state index is -1.72. The molecule has 3 aromatic rings. The summed E-state index contributed by atoms with van der Waals surface area (Å²) in [5.41, 5.74) is -0.973. The predicted octanol–water partition coefficient (Wildman–Crippen LogP) is 3.13. The van der Waals surface area contributed by atoms with Crippen molar-refractivity contribution in [1.82, 2.24) is 14.8 Å². The lowest BCUT2D eigenvalue weighted by Crippen LogP contribution is -2.38. The fourth-order valence-corrected chi connectivity index (χ4v) is 2.69. The molecule has 1 heterocycles. The van der Waals surface area contributed by atoms with E-state index in [0.717, 1.165) is 17.7 Å². The maximum absolute atomic E-state index is 14.4. The molecule has 0 fully saturated rings. The molecular formula is C20H17F2N3O. The molecule has 4 nitrogen and oxygen atoms in total. The van der Waals surface area contributed by atoms with Crippen LogP contribution in [-0.4, -0.2) is 19.9 Å². The molecule has 1 aromatic heterocycles. The molecule has 26 heavy (non-hydrogen) atoms. The molecule has 0 saturated carbocycles. The topological polar surface area (TPSA) is 50.9 Å². The van der Waals surface area contributed by atoms with E-state index in [0.29, 0.717) is 0 Å². The van der Waals surface area contributed by atoms with Gasteiger partial charge in [0.15, 0.2) is 0 Å². The van der Waals surface area contributed by atoms with E-state index in [1.807, 2.05) is 30.3 Å². The maximum Gasteiger partial charge on any atom is 0.137 e. The predicted molar refractivity (Wildman–Crippen MR) is 92.8 cm³/mol. The number of aromatic nitrogens is 3. The van der Waals surface area contributed by atoms with Crippen LogP contribution in [0.3, 0.4) is 0 Å². The molecule has 132 valence electrons. The van der Waals surface area contributed by atoms with Crippen LogP contribution in [0, 0.1) is 29.4 Å². The lowest BCUT2D eigenvalue weighted by Gasteiger charge is -2.32. The van der Waals surface area contributed by atoms with E-state index in [9.17, 15) is 13.9 Å². The molecule has 0 radical (unpaired) electrons. The quantitative estimate of drug-likeness (QED) is 0.733. The van der Waals surface area contributed by atoms with Gasteiger partial charge in [-0.3, -0.25) is 0 Å². The van der Waals surface area contributed by atoms with Gasteiger partial charge in [-0.2, -0.15) is 5.10 Å². The van der Waals surface area contributed by atoms with Crippen molar-refractivity contribution in [3.63, 3.8) is 0 Å². The smallest absolute Gasteiger partial charge is 0.137 e. The number of hydrogen-bond donors (Lipinski definition) is 1. The third kappa shape index (κ3) is 3.79. The lowest BCUT2D eigenvalue weighted by molar-refractivity contribution is -0.0191. The van der Waals surface area contributed by atoms with Crippen molar-refractivity contribution in [1.29, 1.82) is 0 Å². The van der Waals surface area contributed by atoms with Gasteiger partial charge in [0, 0.05) is 17.2 Å². The van der Waals surface area contributed by atoms with Crippen LogP contribution in [0.5, 0.6) is 0 Å². The number of rotatable bonds is 4. The SMILES string of the molecule is C[C@@H](C#Cc1ccccc1)[C@](O)(Cn1cncn1)c1ccc(F)cc1F. The third-order valence-corrected chi connectivity index (χ3v) is 4.19. The highest BCUT2D eigenvalue weighted by Gasteiger charge is 2.38. The highest BCUT2D eigenvalue weighted by molar-refractivity contribution is 5.36. The van der Waals surface area contributed by atoms with E-state index >= 15 is 0 Å². The first-order chi connectivity index (χ1) is 12.5. The zero-order chi connectivity index (χ0) is 18.6. The van der Waals surface area contributed by atoms with Gasteiger partial charge < -0.3 is 5.11 Å². The second-order valence-electron chi connectivity index (χ2n) is 6.00. The van der Waals surface area contributed by atoms with Crippen LogP contribution in [0.2, 0.25) is 0 Å². The number of aliphatic hydroxyl groups is 1. The van der Waals surface area contributed by atoms with Gasteiger partial charge in [0.05, 0.1) is 12.5 Å². The average Bonchev–Trinajstić information content (AvgIpc) is 3.13. The molecule has 0 saturated heterocycles. The van der Waals surface area contributed by atoms with E-state index in [1.165, 1.54) is 23.4 Å². The van der Waals surface area contributed by atoms with E-state index in [4.69, 9.17) is 0 Å². The Morgan fingerprint density at radius 2 is 1.96 bits per heavy atom. The second-order valence-corrected chi connectivity index (χ2v) is 6.00. The van der Waals surface area contributed by atoms with Gasteiger partial charge in [-0.1, -0.05) is 36.1 Å². The number of nitrogens with zero attached hydrogens (tertiary/aromatic N) is 3. The molecule has 0 spiro atoms. The minimum Gasteiger partial charge on any atom is -0.382 e. The lowest BCUT2D eigenvalue weighted by atomic mass is 9.82. The van der Waals surface area contributed by atoms with Gasteiger partial charge in [0.2, 0.25) is 0 Å². The molecule has 3 rings (SSSR count). The molecular weight excluding hydrogens is 336 g/mol. The first-order valence-corrected chi connectivity index (χ1v) is 8.06. The molecule has 0 unspecified atom stereocenters. The van der Waals surface area contributed by atoms with Crippen LogP contribution >= 0.6 is 0 Å². The first-order valence-electron chi connectivity index (χ1n) is 8.06. The summed E-state index contributed by atoms with van der Waals surface area (Å²) in [7, 11) is 0. The Labute approximate surface area is 150 Å². The maximum atomic E-state index is 14.4. The zero-order valence-electron chi connectivity index (χ0n) is 14.1. The average molecular weight is 353 g/mol. The molecule has 6 heteroatoms. The first kappa shape index (κ1) is 17.8. The molecule has 0 aliphatic heterocycles. The number of benzene rings is 2. The third-order valence-electron chi connectivity index (χ3n) is 4.19. The second kappa shape index (κ2) is 7.46. The monoisotopic (exact) mass is 353 g/mol. The summed E-state index contributed by atoms with van der Waals surface area (Å²) < 4.78 is 29.1. The Bertz CT molecular complexity index is 933. The summed E-state index contributed by atoms with van der Waals surface area (Å²) in [5.74, 6) is 3.75. The van der Waals surface area contributed by atoms with Crippen molar-refractivity contribution in [2.24, 2.45) is 5.92 Å². The highest BCUT2D eigenvalue weighted by atomic mass is 19.1. The number of halogens is 2. The van der Waals surface area contributed by atoms with Crippen molar-refractivity contribution in [2.45, 2.75) is 19.1 Å². The van der Waals surface area contributed by atoms with E-state index < -0.39 is 23.2 Å². The summed E-state index contributed by atoms with van der Waals surface area (Å²) in [6, 6.07) is 12.4. The van der Waals surface area contributed by atoms with Gasteiger partial charge in [-0.05, 0) is 25.1 Å². The normalized spacial score (nSPS) is 14.2. The van der Waals surface area contributed by atoms with Crippen LogP contribution < -0.4 is 0 Å². The van der Waals surface area contributed by atoms with Crippen LogP contribution in [-0.2, 0) is 12.1 Å². The van der Waals surface area contributed by atoms with E-state index in [2.05, 4.69) is 21.9 Å². The van der Waals surface area contributed by atoms with Crippen molar-refractivity contribution in [2.75, 3.05) is 0 Å². The Kier molecular flexibility index (Phi) is 5.10. The molecule has 0 bridgehead atoms. The summed E-state index contributed by atoms with van der Waals surface area (Å²) in [5, 5.41) is 15.3. The molecule has 0 aliphatic rings.